The number of anilines is 3. The summed E-state index contributed by atoms with van der Waals surface area (Å²) in [4.78, 5) is 36.5. The van der Waals surface area contributed by atoms with Crippen LogP contribution in [0.2, 0.25) is 0 Å². The van der Waals surface area contributed by atoms with Crippen molar-refractivity contribution < 1.29 is 9.59 Å². The van der Waals surface area contributed by atoms with E-state index in [1.165, 1.54) is 22.7 Å². The highest BCUT2D eigenvalue weighted by Gasteiger charge is 2.14. The fraction of sp³-hybridized carbons (Fsp3) is 0.188. The van der Waals surface area contributed by atoms with E-state index in [0.717, 1.165) is 5.69 Å². The van der Waals surface area contributed by atoms with Crippen molar-refractivity contribution in [2.24, 2.45) is 0 Å². The molecule has 3 aromatic heterocycles. The second-order valence-corrected chi connectivity index (χ2v) is 6.99. The number of likely N-dealkylation sites (N-methyl/N-ethyl adjacent to an activating group) is 1. The molecule has 0 aliphatic carbocycles. The van der Waals surface area contributed by atoms with Crippen molar-refractivity contribution in [3.63, 3.8) is 0 Å². The van der Waals surface area contributed by atoms with Gasteiger partial charge in [-0.05, 0) is 19.1 Å². The lowest BCUT2D eigenvalue weighted by molar-refractivity contribution is -0.120. The Hall–Kier alpha value is -2.85. The lowest BCUT2D eigenvalue weighted by Gasteiger charge is -2.02. The molecule has 0 atom stereocenters. The third-order valence-corrected chi connectivity index (χ3v) is 4.82. The van der Waals surface area contributed by atoms with Gasteiger partial charge in [0.25, 0.3) is 5.91 Å². The van der Waals surface area contributed by atoms with Crippen LogP contribution in [0.5, 0.6) is 0 Å². The van der Waals surface area contributed by atoms with Crippen LogP contribution >= 0.6 is 22.7 Å². The van der Waals surface area contributed by atoms with Gasteiger partial charge in [-0.15, -0.1) is 22.7 Å². The standard InChI is InChI=1S/C16H16N6O2S2/c1-9-4-3-5-12(18-9)21-16-20-11(8-26-16)14(24)22-15-19-10(7-25-15)6-13(23)17-2/h3-5,7-8H,6H2,1-2H3,(H,17,23)(H,18,20,21)(H,19,22,24). The first kappa shape index (κ1) is 18.0. The smallest absolute Gasteiger partial charge is 0.276 e. The summed E-state index contributed by atoms with van der Waals surface area (Å²) in [6, 6.07) is 5.63. The molecule has 3 N–H and O–H groups in total. The molecule has 3 aromatic rings. The van der Waals surface area contributed by atoms with Gasteiger partial charge >= 0.3 is 0 Å². The van der Waals surface area contributed by atoms with Crippen LogP contribution in [0.25, 0.3) is 0 Å². The molecule has 0 aliphatic heterocycles. The maximum Gasteiger partial charge on any atom is 0.276 e. The van der Waals surface area contributed by atoms with Crippen LogP contribution in [0, 0.1) is 6.92 Å². The lowest BCUT2D eigenvalue weighted by atomic mass is 10.3. The van der Waals surface area contributed by atoms with Crippen LogP contribution in [0.1, 0.15) is 21.9 Å². The van der Waals surface area contributed by atoms with Gasteiger partial charge in [-0.1, -0.05) is 6.07 Å². The number of rotatable bonds is 6. The summed E-state index contributed by atoms with van der Waals surface area (Å²) in [5, 5.41) is 12.7. The number of nitrogens with one attached hydrogen (secondary N) is 3. The number of nitrogens with zero attached hydrogens (tertiary/aromatic N) is 3. The maximum atomic E-state index is 12.3. The fourth-order valence-corrected chi connectivity index (χ4v) is 3.42. The zero-order valence-corrected chi connectivity index (χ0v) is 15.7. The van der Waals surface area contributed by atoms with Crippen LogP contribution in [-0.4, -0.2) is 33.8 Å². The topological polar surface area (TPSA) is 109 Å². The summed E-state index contributed by atoms with van der Waals surface area (Å²) in [5.74, 6) is 0.186. The Morgan fingerprint density at radius 2 is 1.88 bits per heavy atom. The van der Waals surface area contributed by atoms with Gasteiger partial charge in [0.2, 0.25) is 5.91 Å². The Bertz CT molecular complexity index is 936. The summed E-state index contributed by atoms with van der Waals surface area (Å²) in [7, 11) is 1.57. The predicted octanol–water partition coefficient (Wildman–Crippen LogP) is 2.59. The molecule has 3 rings (SSSR count). The highest BCUT2D eigenvalue weighted by Crippen LogP contribution is 2.22. The molecular formula is C16H16N6O2S2. The van der Waals surface area contributed by atoms with E-state index in [-0.39, 0.29) is 23.9 Å². The van der Waals surface area contributed by atoms with Crippen molar-refractivity contribution in [2.75, 3.05) is 17.7 Å². The van der Waals surface area contributed by atoms with E-state index in [9.17, 15) is 9.59 Å². The average Bonchev–Trinajstić information content (AvgIpc) is 3.24. The molecule has 0 aliphatic rings. The van der Waals surface area contributed by atoms with Crippen molar-refractivity contribution in [3.8, 4) is 0 Å². The Morgan fingerprint density at radius 1 is 1.08 bits per heavy atom. The Kier molecular flexibility index (Phi) is 5.54. The molecule has 0 aromatic carbocycles. The fourth-order valence-electron chi connectivity index (χ4n) is 2.02. The minimum atomic E-state index is -0.354. The first-order valence-electron chi connectivity index (χ1n) is 7.66. The van der Waals surface area contributed by atoms with Gasteiger partial charge in [-0.2, -0.15) is 0 Å². The molecule has 26 heavy (non-hydrogen) atoms. The maximum absolute atomic E-state index is 12.3. The van der Waals surface area contributed by atoms with E-state index in [1.54, 1.807) is 17.8 Å². The summed E-state index contributed by atoms with van der Waals surface area (Å²) in [5.41, 5.74) is 1.78. The molecule has 0 radical (unpaired) electrons. The van der Waals surface area contributed by atoms with E-state index < -0.39 is 0 Å². The van der Waals surface area contributed by atoms with Crippen molar-refractivity contribution in [2.45, 2.75) is 13.3 Å². The highest BCUT2D eigenvalue weighted by atomic mass is 32.1. The summed E-state index contributed by atoms with van der Waals surface area (Å²) in [6.45, 7) is 1.90. The van der Waals surface area contributed by atoms with Crippen molar-refractivity contribution in [1.29, 1.82) is 0 Å². The Morgan fingerprint density at radius 3 is 2.65 bits per heavy atom. The van der Waals surface area contributed by atoms with Crippen LogP contribution in [0.4, 0.5) is 16.1 Å². The molecular weight excluding hydrogens is 372 g/mol. The number of hydrogen-bond donors (Lipinski definition) is 3. The van der Waals surface area contributed by atoms with E-state index in [1.807, 2.05) is 25.1 Å². The number of aryl methyl sites for hydroxylation is 1. The van der Waals surface area contributed by atoms with Gasteiger partial charge in [0.1, 0.15) is 11.5 Å². The number of hydrogen-bond acceptors (Lipinski definition) is 8. The van der Waals surface area contributed by atoms with Crippen LogP contribution in [-0.2, 0) is 11.2 Å². The minimum absolute atomic E-state index is 0.131. The minimum Gasteiger partial charge on any atom is -0.359 e. The van der Waals surface area contributed by atoms with Crippen LogP contribution in [0.3, 0.4) is 0 Å². The first-order chi connectivity index (χ1) is 12.5. The zero-order valence-electron chi connectivity index (χ0n) is 14.1. The number of aromatic nitrogens is 3. The highest BCUT2D eigenvalue weighted by molar-refractivity contribution is 7.14. The SMILES string of the molecule is CNC(=O)Cc1csc(NC(=O)c2csc(Nc3cccc(C)n3)n2)n1. The van der Waals surface area contributed by atoms with Crippen molar-refractivity contribution >= 4 is 50.6 Å². The lowest BCUT2D eigenvalue weighted by Crippen LogP contribution is -2.20. The molecule has 3 heterocycles. The van der Waals surface area contributed by atoms with E-state index in [4.69, 9.17) is 0 Å². The van der Waals surface area contributed by atoms with Crippen molar-refractivity contribution in [3.05, 3.63) is 46.0 Å². The Balaban J connectivity index is 1.62. The summed E-state index contributed by atoms with van der Waals surface area (Å²) >= 11 is 2.58. The molecule has 0 bridgehead atoms. The summed E-state index contributed by atoms with van der Waals surface area (Å²) < 4.78 is 0. The molecule has 2 amide bonds. The second-order valence-electron chi connectivity index (χ2n) is 5.28. The number of amides is 2. The monoisotopic (exact) mass is 388 g/mol. The van der Waals surface area contributed by atoms with Gasteiger partial charge in [0, 0.05) is 23.5 Å². The van der Waals surface area contributed by atoms with E-state index >= 15 is 0 Å². The van der Waals surface area contributed by atoms with Crippen LogP contribution < -0.4 is 16.0 Å². The number of carbonyl (C=O) groups is 2. The van der Waals surface area contributed by atoms with E-state index in [0.29, 0.717) is 21.8 Å². The second kappa shape index (κ2) is 8.02. The molecule has 10 heteroatoms. The van der Waals surface area contributed by atoms with Gasteiger partial charge in [0.15, 0.2) is 10.3 Å². The third kappa shape index (κ3) is 4.61. The number of carbonyl (C=O) groups excluding carboxylic acids is 2. The molecule has 0 fully saturated rings. The molecule has 0 spiro atoms. The van der Waals surface area contributed by atoms with Crippen LogP contribution in [0.15, 0.2) is 29.0 Å². The van der Waals surface area contributed by atoms with Gasteiger partial charge in [-0.3, -0.25) is 14.9 Å². The van der Waals surface area contributed by atoms with Gasteiger partial charge in [-0.25, -0.2) is 15.0 Å². The largest absolute Gasteiger partial charge is 0.359 e. The third-order valence-electron chi connectivity index (χ3n) is 3.25. The zero-order chi connectivity index (χ0) is 18.5. The molecule has 0 saturated heterocycles. The summed E-state index contributed by atoms with van der Waals surface area (Å²) in [6.07, 6.45) is 0.178. The van der Waals surface area contributed by atoms with Crippen molar-refractivity contribution in [1.82, 2.24) is 20.3 Å². The number of pyridine rings is 1. The van der Waals surface area contributed by atoms with Gasteiger partial charge < -0.3 is 10.6 Å². The first-order valence-corrected chi connectivity index (χ1v) is 9.42. The molecule has 0 unspecified atom stereocenters. The molecule has 134 valence electrons. The Labute approximate surface area is 157 Å². The average molecular weight is 388 g/mol. The molecule has 8 nitrogen and oxygen atoms in total. The quantitative estimate of drug-likeness (QED) is 0.599. The molecule has 0 saturated carbocycles. The normalized spacial score (nSPS) is 10.4. The van der Waals surface area contributed by atoms with E-state index in [2.05, 4.69) is 30.9 Å². The number of thiazole rings is 2. The predicted molar refractivity (Wildman–Crippen MR) is 102 cm³/mol. The van der Waals surface area contributed by atoms with Gasteiger partial charge in [0.05, 0.1) is 12.1 Å².